The average Bonchev–Trinajstić information content (AvgIpc) is 3.25. The summed E-state index contributed by atoms with van der Waals surface area (Å²) in [5.41, 5.74) is 2.86. The zero-order valence-corrected chi connectivity index (χ0v) is 20.5. The quantitative estimate of drug-likeness (QED) is 0.276. The Balaban J connectivity index is 1.45. The van der Waals surface area contributed by atoms with Gasteiger partial charge >= 0.3 is 0 Å². The second kappa shape index (κ2) is 12.0. The molecule has 6 nitrogen and oxygen atoms in total. The van der Waals surface area contributed by atoms with Crippen molar-refractivity contribution >= 4 is 40.9 Å². The number of benzene rings is 3. The minimum atomic E-state index is -0.244. The molecule has 0 radical (unpaired) electrons. The zero-order valence-electron chi connectivity index (χ0n) is 18.2. The van der Waals surface area contributed by atoms with E-state index in [0.29, 0.717) is 39.1 Å². The summed E-state index contributed by atoms with van der Waals surface area (Å²) in [6, 6.07) is 25.0. The number of thioether (sulfide) groups is 1. The van der Waals surface area contributed by atoms with Crippen molar-refractivity contribution in [3.63, 3.8) is 0 Å². The number of aromatic nitrogens is 3. The lowest BCUT2D eigenvalue weighted by Gasteiger charge is -2.13. The number of nitrogens with one attached hydrogen (secondary N) is 1. The van der Waals surface area contributed by atoms with Crippen LogP contribution in [0.2, 0.25) is 10.0 Å². The predicted octanol–water partition coefficient (Wildman–Crippen LogP) is 5.70. The standard InChI is InChI=1S/C25H22Cl2N4O2S/c26-20-11-12-22(21(27)13-20)31-23(29-30-25(31)34-17-19-9-5-2-6-10-19)14-28-24(32)16-33-15-18-7-3-1-4-8-18/h1-13H,14-17H2,(H,28,32). The van der Waals surface area contributed by atoms with Gasteiger partial charge in [0.25, 0.3) is 0 Å². The lowest BCUT2D eigenvalue weighted by atomic mass is 10.2. The van der Waals surface area contributed by atoms with Crippen LogP contribution in [-0.2, 0) is 28.4 Å². The van der Waals surface area contributed by atoms with Gasteiger partial charge < -0.3 is 10.1 Å². The van der Waals surface area contributed by atoms with Gasteiger partial charge in [0.2, 0.25) is 5.91 Å². The molecule has 1 amide bonds. The molecule has 0 atom stereocenters. The maximum absolute atomic E-state index is 12.3. The first-order chi connectivity index (χ1) is 16.6. The van der Waals surface area contributed by atoms with Crippen LogP contribution in [0.3, 0.4) is 0 Å². The summed E-state index contributed by atoms with van der Waals surface area (Å²) in [6.45, 7) is 0.483. The van der Waals surface area contributed by atoms with Crippen LogP contribution in [0.15, 0.2) is 84.0 Å². The average molecular weight is 513 g/mol. The van der Waals surface area contributed by atoms with Crippen LogP contribution in [0.1, 0.15) is 17.0 Å². The number of hydrogen-bond donors (Lipinski definition) is 1. The van der Waals surface area contributed by atoms with Crippen molar-refractivity contribution in [1.82, 2.24) is 20.1 Å². The molecule has 0 fully saturated rings. The highest BCUT2D eigenvalue weighted by Crippen LogP contribution is 2.30. The Morgan fingerprint density at radius 1 is 0.941 bits per heavy atom. The monoisotopic (exact) mass is 512 g/mol. The Labute approximate surface area is 212 Å². The Kier molecular flexibility index (Phi) is 8.60. The van der Waals surface area contributed by atoms with Crippen LogP contribution in [0.25, 0.3) is 5.69 Å². The fourth-order valence-corrected chi connectivity index (χ4v) is 4.61. The largest absolute Gasteiger partial charge is 0.367 e. The molecule has 0 saturated heterocycles. The van der Waals surface area contributed by atoms with E-state index in [-0.39, 0.29) is 19.1 Å². The van der Waals surface area contributed by atoms with Gasteiger partial charge in [-0.05, 0) is 29.3 Å². The Morgan fingerprint density at radius 3 is 2.35 bits per heavy atom. The van der Waals surface area contributed by atoms with Crippen molar-refractivity contribution in [3.8, 4) is 5.69 Å². The van der Waals surface area contributed by atoms with E-state index in [9.17, 15) is 4.79 Å². The van der Waals surface area contributed by atoms with Crippen molar-refractivity contribution < 1.29 is 9.53 Å². The first-order valence-corrected chi connectivity index (χ1v) is 12.3. The summed E-state index contributed by atoms with van der Waals surface area (Å²) in [5.74, 6) is 1.02. The van der Waals surface area contributed by atoms with Crippen LogP contribution in [0.4, 0.5) is 0 Å². The van der Waals surface area contributed by atoms with Crippen molar-refractivity contribution in [1.29, 1.82) is 0 Å². The molecular weight excluding hydrogens is 491 g/mol. The summed E-state index contributed by atoms with van der Waals surface area (Å²) in [6.07, 6.45) is 0. The smallest absolute Gasteiger partial charge is 0.246 e. The maximum atomic E-state index is 12.3. The van der Waals surface area contributed by atoms with Crippen LogP contribution >= 0.6 is 35.0 Å². The first kappa shape index (κ1) is 24.3. The molecule has 0 saturated carbocycles. The van der Waals surface area contributed by atoms with E-state index >= 15 is 0 Å². The molecule has 1 N–H and O–H groups in total. The number of nitrogens with zero attached hydrogens (tertiary/aromatic N) is 3. The molecule has 0 aliphatic heterocycles. The molecular formula is C25H22Cl2N4O2S. The van der Waals surface area contributed by atoms with Crippen molar-refractivity contribution in [2.75, 3.05) is 6.61 Å². The molecule has 34 heavy (non-hydrogen) atoms. The third kappa shape index (κ3) is 6.61. The molecule has 0 aliphatic carbocycles. The number of ether oxygens (including phenoxy) is 1. The van der Waals surface area contributed by atoms with Gasteiger partial charge in [-0.3, -0.25) is 9.36 Å². The molecule has 4 rings (SSSR count). The second-order valence-electron chi connectivity index (χ2n) is 7.36. The Bertz CT molecular complexity index is 1240. The second-order valence-corrected chi connectivity index (χ2v) is 9.15. The van der Waals surface area contributed by atoms with Crippen LogP contribution in [-0.4, -0.2) is 27.3 Å². The molecule has 9 heteroatoms. The minimum absolute atomic E-state index is 0.0552. The van der Waals surface area contributed by atoms with E-state index in [4.69, 9.17) is 27.9 Å². The van der Waals surface area contributed by atoms with E-state index in [1.54, 1.807) is 12.1 Å². The topological polar surface area (TPSA) is 69.0 Å². The third-order valence-corrected chi connectivity index (χ3v) is 6.39. The highest BCUT2D eigenvalue weighted by molar-refractivity contribution is 7.98. The summed E-state index contributed by atoms with van der Waals surface area (Å²) in [4.78, 5) is 12.3. The maximum Gasteiger partial charge on any atom is 0.246 e. The third-order valence-electron chi connectivity index (χ3n) is 4.85. The normalized spacial score (nSPS) is 10.9. The number of rotatable bonds is 10. The van der Waals surface area contributed by atoms with Gasteiger partial charge in [-0.25, -0.2) is 0 Å². The van der Waals surface area contributed by atoms with Gasteiger partial charge in [-0.1, -0.05) is 95.6 Å². The molecule has 4 aromatic rings. The molecule has 0 bridgehead atoms. The SMILES string of the molecule is O=C(COCc1ccccc1)NCc1nnc(SCc2ccccc2)n1-c1ccc(Cl)cc1Cl. The summed E-state index contributed by atoms with van der Waals surface area (Å²) >= 11 is 14.1. The number of carbonyl (C=O) groups is 1. The van der Waals surface area contributed by atoms with Gasteiger partial charge in [0, 0.05) is 10.8 Å². The van der Waals surface area contributed by atoms with Gasteiger partial charge in [0.1, 0.15) is 6.61 Å². The number of amides is 1. The van der Waals surface area contributed by atoms with Gasteiger partial charge in [-0.15, -0.1) is 10.2 Å². The molecule has 1 aromatic heterocycles. The van der Waals surface area contributed by atoms with Crippen LogP contribution in [0.5, 0.6) is 0 Å². The van der Waals surface area contributed by atoms with Gasteiger partial charge in [-0.2, -0.15) is 0 Å². The molecule has 0 aliphatic rings. The lowest BCUT2D eigenvalue weighted by Crippen LogP contribution is -2.28. The number of halogens is 2. The number of hydrogen-bond acceptors (Lipinski definition) is 5. The highest BCUT2D eigenvalue weighted by Gasteiger charge is 2.18. The van der Waals surface area contributed by atoms with E-state index in [0.717, 1.165) is 11.1 Å². The lowest BCUT2D eigenvalue weighted by molar-refractivity contribution is -0.126. The van der Waals surface area contributed by atoms with Crippen molar-refractivity contribution in [3.05, 3.63) is 106 Å². The van der Waals surface area contributed by atoms with Gasteiger partial charge in [0.05, 0.1) is 23.9 Å². The van der Waals surface area contributed by atoms with Crippen LogP contribution in [0, 0.1) is 0 Å². The van der Waals surface area contributed by atoms with Crippen molar-refractivity contribution in [2.45, 2.75) is 24.1 Å². The highest BCUT2D eigenvalue weighted by atomic mass is 35.5. The molecule has 1 heterocycles. The van der Waals surface area contributed by atoms with E-state index in [1.807, 2.05) is 59.2 Å². The summed E-state index contributed by atoms with van der Waals surface area (Å²) < 4.78 is 7.36. The van der Waals surface area contributed by atoms with Crippen LogP contribution < -0.4 is 5.32 Å². The first-order valence-electron chi connectivity index (χ1n) is 10.5. The summed E-state index contributed by atoms with van der Waals surface area (Å²) in [5, 5.41) is 13.2. The molecule has 3 aromatic carbocycles. The minimum Gasteiger partial charge on any atom is -0.367 e. The van der Waals surface area contributed by atoms with E-state index in [1.165, 1.54) is 11.8 Å². The van der Waals surface area contributed by atoms with E-state index in [2.05, 4.69) is 27.6 Å². The van der Waals surface area contributed by atoms with E-state index < -0.39 is 0 Å². The summed E-state index contributed by atoms with van der Waals surface area (Å²) in [7, 11) is 0. The van der Waals surface area contributed by atoms with Crippen molar-refractivity contribution in [2.24, 2.45) is 0 Å². The Morgan fingerprint density at radius 2 is 1.65 bits per heavy atom. The molecule has 0 unspecified atom stereocenters. The van der Waals surface area contributed by atoms with Gasteiger partial charge in [0.15, 0.2) is 11.0 Å². The predicted molar refractivity (Wildman–Crippen MR) is 135 cm³/mol. The fraction of sp³-hybridized carbons (Fsp3) is 0.160. The molecule has 0 spiro atoms. The molecule has 174 valence electrons. The zero-order chi connectivity index (χ0) is 23.8. The number of carbonyl (C=O) groups excluding carboxylic acids is 1. The fourth-order valence-electron chi connectivity index (χ4n) is 3.20. The Hall–Kier alpha value is -2.84.